The molecular formula is C18H19N3O2S2. The summed E-state index contributed by atoms with van der Waals surface area (Å²) in [5.74, 6) is 0. The summed E-state index contributed by atoms with van der Waals surface area (Å²) in [7, 11) is -1.81. The highest BCUT2D eigenvalue weighted by molar-refractivity contribution is 7.92. The van der Waals surface area contributed by atoms with E-state index in [0.29, 0.717) is 12.2 Å². The van der Waals surface area contributed by atoms with Crippen LogP contribution in [0, 0.1) is 6.92 Å². The monoisotopic (exact) mass is 373 g/mol. The van der Waals surface area contributed by atoms with E-state index in [2.05, 4.69) is 15.0 Å². The number of rotatable bonds is 6. The molecule has 25 heavy (non-hydrogen) atoms. The van der Waals surface area contributed by atoms with E-state index in [1.165, 1.54) is 11.3 Å². The standard InChI is InChI=1S/C18H19N3O2S2/c1-13-11-20-18(24-13)16-9-8-14(12-19-2)10-17(16)21-25(22,23)15-6-4-3-5-7-15/h3-11,19,21H,12H2,1-2H3. The smallest absolute Gasteiger partial charge is 0.261 e. The van der Waals surface area contributed by atoms with E-state index in [-0.39, 0.29) is 4.90 Å². The van der Waals surface area contributed by atoms with Gasteiger partial charge in [0.05, 0.1) is 10.6 Å². The molecule has 3 rings (SSSR count). The van der Waals surface area contributed by atoms with Crippen LogP contribution in [0.1, 0.15) is 10.4 Å². The Kier molecular flexibility index (Phi) is 5.17. The molecule has 2 aromatic carbocycles. The summed E-state index contributed by atoms with van der Waals surface area (Å²) in [5, 5.41) is 3.87. The summed E-state index contributed by atoms with van der Waals surface area (Å²) in [6.07, 6.45) is 1.79. The zero-order chi connectivity index (χ0) is 17.9. The van der Waals surface area contributed by atoms with Gasteiger partial charge in [0.15, 0.2) is 0 Å². The number of benzene rings is 2. The Balaban J connectivity index is 2.05. The van der Waals surface area contributed by atoms with Crippen LogP contribution < -0.4 is 10.0 Å². The second-order valence-electron chi connectivity index (χ2n) is 5.60. The molecule has 130 valence electrons. The van der Waals surface area contributed by atoms with Crippen LogP contribution in [-0.2, 0) is 16.6 Å². The van der Waals surface area contributed by atoms with Crippen molar-refractivity contribution in [2.45, 2.75) is 18.4 Å². The SMILES string of the molecule is CNCc1ccc(-c2ncc(C)s2)c(NS(=O)(=O)c2ccccc2)c1. The molecule has 0 unspecified atom stereocenters. The molecule has 0 saturated heterocycles. The lowest BCUT2D eigenvalue weighted by Crippen LogP contribution is -2.14. The lowest BCUT2D eigenvalue weighted by atomic mass is 10.1. The van der Waals surface area contributed by atoms with Crippen molar-refractivity contribution in [3.8, 4) is 10.6 Å². The first kappa shape index (κ1) is 17.6. The molecule has 0 fully saturated rings. The molecule has 5 nitrogen and oxygen atoms in total. The van der Waals surface area contributed by atoms with Gasteiger partial charge >= 0.3 is 0 Å². The Bertz CT molecular complexity index is 967. The van der Waals surface area contributed by atoms with Gasteiger partial charge < -0.3 is 5.32 Å². The number of nitrogens with one attached hydrogen (secondary N) is 2. The third-order valence-corrected chi connectivity index (χ3v) is 5.94. The van der Waals surface area contributed by atoms with E-state index >= 15 is 0 Å². The lowest BCUT2D eigenvalue weighted by Gasteiger charge is -2.13. The molecule has 1 heterocycles. The van der Waals surface area contributed by atoms with Crippen LogP contribution in [0.3, 0.4) is 0 Å². The van der Waals surface area contributed by atoms with Crippen LogP contribution in [0.25, 0.3) is 10.6 Å². The van der Waals surface area contributed by atoms with E-state index in [4.69, 9.17) is 0 Å². The minimum Gasteiger partial charge on any atom is -0.316 e. The van der Waals surface area contributed by atoms with Gasteiger partial charge in [-0.25, -0.2) is 13.4 Å². The average Bonchev–Trinajstić information content (AvgIpc) is 3.02. The summed E-state index contributed by atoms with van der Waals surface area (Å²) in [5.41, 5.74) is 2.30. The van der Waals surface area contributed by atoms with Crippen LogP contribution in [0.15, 0.2) is 59.6 Å². The Morgan fingerprint density at radius 3 is 2.52 bits per heavy atom. The number of nitrogens with zero attached hydrogens (tertiary/aromatic N) is 1. The number of hydrogen-bond donors (Lipinski definition) is 2. The molecule has 0 spiro atoms. The second-order valence-corrected chi connectivity index (χ2v) is 8.52. The Hall–Kier alpha value is -2.22. The van der Waals surface area contributed by atoms with E-state index in [1.54, 1.807) is 36.5 Å². The first-order valence-electron chi connectivity index (χ1n) is 7.78. The molecule has 0 aliphatic rings. The van der Waals surface area contributed by atoms with Crippen molar-refractivity contribution in [3.63, 3.8) is 0 Å². The average molecular weight is 374 g/mol. The van der Waals surface area contributed by atoms with Crippen LogP contribution in [0.2, 0.25) is 0 Å². The maximum absolute atomic E-state index is 12.7. The Morgan fingerprint density at radius 2 is 1.88 bits per heavy atom. The van der Waals surface area contributed by atoms with Gasteiger partial charge in [0.25, 0.3) is 10.0 Å². The van der Waals surface area contributed by atoms with Gasteiger partial charge in [-0.05, 0) is 43.8 Å². The van der Waals surface area contributed by atoms with Crippen molar-refractivity contribution >= 4 is 27.0 Å². The fraction of sp³-hybridized carbons (Fsp3) is 0.167. The first-order valence-corrected chi connectivity index (χ1v) is 10.1. The van der Waals surface area contributed by atoms with Crippen molar-refractivity contribution in [2.24, 2.45) is 0 Å². The van der Waals surface area contributed by atoms with Gasteiger partial charge in [0.1, 0.15) is 5.01 Å². The number of hydrogen-bond acceptors (Lipinski definition) is 5. The van der Waals surface area contributed by atoms with Gasteiger partial charge in [-0.3, -0.25) is 4.72 Å². The number of anilines is 1. The molecule has 0 radical (unpaired) electrons. The minimum atomic E-state index is -3.66. The maximum Gasteiger partial charge on any atom is 0.261 e. The largest absolute Gasteiger partial charge is 0.316 e. The fourth-order valence-electron chi connectivity index (χ4n) is 2.46. The molecule has 0 saturated carbocycles. The van der Waals surface area contributed by atoms with Gasteiger partial charge in [-0.1, -0.05) is 24.3 Å². The van der Waals surface area contributed by atoms with E-state index in [9.17, 15) is 8.42 Å². The molecule has 7 heteroatoms. The molecule has 2 N–H and O–H groups in total. The predicted molar refractivity (Wildman–Crippen MR) is 102 cm³/mol. The number of thiazole rings is 1. The number of aryl methyl sites for hydroxylation is 1. The normalized spacial score (nSPS) is 11.4. The molecule has 0 atom stereocenters. The van der Waals surface area contributed by atoms with Crippen LogP contribution in [0.5, 0.6) is 0 Å². The highest BCUT2D eigenvalue weighted by Gasteiger charge is 2.18. The molecule has 0 aliphatic carbocycles. The number of aromatic nitrogens is 1. The van der Waals surface area contributed by atoms with Crippen LogP contribution >= 0.6 is 11.3 Å². The highest BCUT2D eigenvalue weighted by Crippen LogP contribution is 2.33. The van der Waals surface area contributed by atoms with Gasteiger partial charge in [-0.15, -0.1) is 11.3 Å². The van der Waals surface area contributed by atoms with E-state index < -0.39 is 10.0 Å². The van der Waals surface area contributed by atoms with Crippen molar-refractivity contribution in [3.05, 3.63) is 65.2 Å². The van der Waals surface area contributed by atoms with Crippen LogP contribution in [0.4, 0.5) is 5.69 Å². The summed E-state index contributed by atoms with van der Waals surface area (Å²) < 4.78 is 28.2. The maximum atomic E-state index is 12.7. The van der Waals surface area contributed by atoms with Crippen molar-refractivity contribution in [1.82, 2.24) is 10.3 Å². The summed E-state index contributed by atoms with van der Waals surface area (Å²) in [4.78, 5) is 5.70. The van der Waals surface area contributed by atoms with Gasteiger partial charge in [-0.2, -0.15) is 0 Å². The second kappa shape index (κ2) is 7.35. The summed E-state index contributed by atoms with van der Waals surface area (Å²) in [6.45, 7) is 2.63. The van der Waals surface area contributed by atoms with Gasteiger partial charge in [0, 0.05) is 23.2 Å². The zero-order valence-corrected chi connectivity index (χ0v) is 15.6. The molecule has 0 amide bonds. The fourth-order valence-corrected chi connectivity index (χ4v) is 4.35. The Morgan fingerprint density at radius 1 is 1.12 bits per heavy atom. The minimum absolute atomic E-state index is 0.232. The van der Waals surface area contributed by atoms with Crippen molar-refractivity contribution in [2.75, 3.05) is 11.8 Å². The quantitative estimate of drug-likeness (QED) is 0.692. The summed E-state index contributed by atoms with van der Waals surface area (Å²) >= 11 is 1.53. The Labute approximate surface area is 151 Å². The molecule has 3 aromatic rings. The van der Waals surface area contributed by atoms with Crippen LogP contribution in [-0.4, -0.2) is 20.4 Å². The molecular weight excluding hydrogens is 354 g/mol. The van der Waals surface area contributed by atoms with Crippen molar-refractivity contribution < 1.29 is 8.42 Å². The highest BCUT2D eigenvalue weighted by atomic mass is 32.2. The van der Waals surface area contributed by atoms with E-state index in [0.717, 1.165) is 21.0 Å². The zero-order valence-electron chi connectivity index (χ0n) is 14.0. The lowest BCUT2D eigenvalue weighted by molar-refractivity contribution is 0.601. The summed E-state index contributed by atoms with van der Waals surface area (Å²) in [6, 6.07) is 14.1. The third kappa shape index (κ3) is 4.07. The molecule has 0 bridgehead atoms. The first-order chi connectivity index (χ1) is 12.0. The topological polar surface area (TPSA) is 71.1 Å². The van der Waals surface area contributed by atoms with Crippen molar-refractivity contribution in [1.29, 1.82) is 0 Å². The third-order valence-electron chi connectivity index (χ3n) is 3.61. The van der Waals surface area contributed by atoms with E-state index in [1.807, 2.05) is 32.2 Å². The van der Waals surface area contributed by atoms with Gasteiger partial charge in [0.2, 0.25) is 0 Å². The molecule has 1 aromatic heterocycles. The predicted octanol–water partition coefficient (Wildman–Crippen LogP) is 3.64. The number of sulfonamides is 1. The molecule has 0 aliphatic heterocycles.